The largest absolute Gasteiger partial charge is 0.352 e. The molecule has 2 heterocycles. The third-order valence-corrected chi connectivity index (χ3v) is 4.19. The van der Waals surface area contributed by atoms with Gasteiger partial charge in [-0.15, -0.1) is 0 Å². The fourth-order valence-electron chi connectivity index (χ4n) is 2.51. The van der Waals surface area contributed by atoms with Crippen molar-refractivity contribution in [2.75, 3.05) is 11.9 Å². The molecule has 2 aromatic carbocycles. The van der Waals surface area contributed by atoms with E-state index in [1.165, 1.54) is 5.56 Å². The summed E-state index contributed by atoms with van der Waals surface area (Å²) in [5.74, 6) is 1.62. The SMILES string of the molecule is Cc1ccc(-n2nnnc2NCCc2nc(-c3ccc(Cl)cc3)no2)cc1. The molecule has 0 bridgehead atoms. The molecule has 0 unspecified atom stereocenters. The first-order valence-corrected chi connectivity index (χ1v) is 8.75. The van der Waals surface area contributed by atoms with E-state index in [-0.39, 0.29) is 0 Å². The number of nitrogens with zero attached hydrogens (tertiary/aromatic N) is 6. The number of nitrogens with one attached hydrogen (secondary N) is 1. The molecule has 0 aliphatic heterocycles. The van der Waals surface area contributed by atoms with Gasteiger partial charge in [-0.05, 0) is 53.7 Å². The lowest BCUT2D eigenvalue weighted by Crippen LogP contribution is -2.10. The summed E-state index contributed by atoms with van der Waals surface area (Å²) in [6.07, 6.45) is 0.543. The van der Waals surface area contributed by atoms with Gasteiger partial charge in [0.25, 0.3) is 0 Å². The Bertz CT molecular complexity index is 1020. The predicted octanol–water partition coefficient (Wildman–Crippen LogP) is 3.33. The summed E-state index contributed by atoms with van der Waals surface area (Å²) < 4.78 is 6.95. The van der Waals surface area contributed by atoms with Crippen LogP contribution in [0.3, 0.4) is 0 Å². The molecule has 136 valence electrons. The maximum absolute atomic E-state index is 5.90. The van der Waals surface area contributed by atoms with E-state index >= 15 is 0 Å². The van der Waals surface area contributed by atoms with Crippen molar-refractivity contribution < 1.29 is 4.52 Å². The molecular formula is C18H16ClN7O. The third-order valence-electron chi connectivity index (χ3n) is 3.94. The Labute approximate surface area is 160 Å². The van der Waals surface area contributed by atoms with Crippen LogP contribution in [0.25, 0.3) is 17.1 Å². The third kappa shape index (κ3) is 3.95. The lowest BCUT2D eigenvalue weighted by molar-refractivity contribution is 0.381. The Kier molecular flexibility index (Phi) is 4.80. The van der Waals surface area contributed by atoms with Gasteiger partial charge in [0.1, 0.15) is 0 Å². The second-order valence-corrected chi connectivity index (χ2v) is 6.38. The summed E-state index contributed by atoms with van der Waals surface area (Å²) in [7, 11) is 0. The monoisotopic (exact) mass is 381 g/mol. The number of hydrogen-bond acceptors (Lipinski definition) is 7. The molecule has 4 rings (SSSR count). The van der Waals surface area contributed by atoms with Gasteiger partial charge in [0, 0.05) is 23.6 Å². The predicted molar refractivity (Wildman–Crippen MR) is 101 cm³/mol. The number of rotatable bonds is 6. The Balaban J connectivity index is 1.39. The maximum atomic E-state index is 5.90. The minimum Gasteiger partial charge on any atom is -0.352 e. The fourth-order valence-corrected chi connectivity index (χ4v) is 2.64. The summed E-state index contributed by atoms with van der Waals surface area (Å²) in [5, 5.41) is 19.6. The Morgan fingerprint density at radius 1 is 1.07 bits per heavy atom. The molecule has 0 aliphatic carbocycles. The van der Waals surface area contributed by atoms with Gasteiger partial charge in [-0.2, -0.15) is 9.67 Å². The normalized spacial score (nSPS) is 10.9. The topological polar surface area (TPSA) is 94.6 Å². The van der Waals surface area contributed by atoms with Crippen LogP contribution in [0.4, 0.5) is 5.95 Å². The number of tetrazole rings is 1. The molecule has 0 atom stereocenters. The highest BCUT2D eigenvalue weighted by atomic mass is 35.5. The van der Waals surface area contributed by atoms with E-state index in [0.717, 1.165) is 11.3 Å². The standard InChI is InChI=1S/C18H16ClN7O/c1-12-2-8-15(9-3-12)26-18(22-24-25-26)20-11-10-16-21-17(23-27-16)13-4-6-14(19)7-5-13/h2-9H,10-11H2,1H3,(H,20,22,25). The highest BCUT2D eigenvalue weighted by Crippen LogP contribution is 2.19. The number of halogens is 1. The molecule has 0 fully saturated rings. The Morgan fingerprint density at radius 3 is 2.63 bits per heavy atom. The van der Waals surface area contributed by atoms with Crippen molar-refractivity contribution in [2.45, 2.75) is 13.3 Å². The van der Waals surface area contributed by atoms with Crippen LogP contribution in [0.1, 0.15) is 11.5 Å². The summed E-state index contributed by atoms with van der Waals surface area (Å²) in [5.41, 5.74) is 2.91. The minimum absolute atomic E-state index is 0.529. The zero-order valence-corrected chi connectivity index (χ0v) is 15.3. The van der Waals surface area contributed by atoms with Crippen LogP contribution < -0.4 is 5.32 Å². The molecule has 0 saturated heterocycles. The average Bonchev–Trinajstić information content (AvgIpc) is 3.33. The number of anilines is 1. The van der Waals surface area contributed by atoms with E-state index in [4.69, 9.17) is 16.1 Å². The van der Waals surface area contributed by atoms with Crippen LogP contribution in [-0.2, 0) is 6.42 Å². The van der Waals surface area contributed by atoms with E-state index in [1.807, 2.05) is 43.3 Å². The molecule has 0 amide bonds. The second-order valence-electron chi connectivity index (χ2n) is 5.95. The van der Waals surface area contributed by atoms with E-state index in [1.54, 1.807) is 16.8 Å². The van der Waals surface area contributed by atoms with E-state index in [2.05, 4.69) is 31.0 Å². The maximum Gasteiger partial charge on any atom is 0.247 e. The first-order valence-electron chi connectivity index (χ1n) is 8.37. The van der Waals surface area contributed by atoms with E-state index in [0.29, 0.717) is 35.7 Å². The van der Waals surface area contributed by atoms with Crippen molar-refractivity contribution >= 4 is 17.5 Å². The number of aromatic nitrogens is 6. The van der Waals surface area contributed by atoms with E-state index in [9.17, 15) is 0 Å². The van der Waals surface area contributed by atoms with Gasteiger partial charge in [0.05, 0.1) is 5.69 Å². The van der Waals surface area contributed by atoms with Crippen LogP contribution in [0.2, 0.25) is 5.02 Å². The quantitative estimate of drug-likeness (QED) is 0.547. The average molecular weight is 382 g/mol. The van der Waals surface area contributed by atoms with Crippen molar-refractivity contribution in [1.29, 1.82) is 0 Å². The van der Waals surface area contributed by atoms with Gasteiger partial charge in [0.15, 0.2) is 0 Å². The van der Waals surface area contributed by atoms with E-state index < -0.39 is 0 Å². The lowest BCUT2D eigenvalue weighted by atomic mass is 10.2. The molecule has 1 N–H and O–H groups in total. The molecule has 8 nitrogen and oxygen atoms in total. The van der Waals surface area contributed by atoms with Gasteiger partial charge < -0.3 is 9.84 Å². The second kappa shape index (κ2) is 7.55. The van der Waals surface area contributed by atoms with Crippen molar-refractivity contribution in [3.05, 3.63) is 65.0 Å². The molecule has 0 saturated carbocycles. The Hall–Kier alpha value is -3.26. The Morgan fingerprint density at radius 2 is 1.85 bits per heavy atom. The van der Waals surface area contributed by atoms with Gasteiger partial charge in [-0.1, -0.05) is 39.6 Å². The summed E-state index contributed by atoms with van der Waals surface area (Å²) in [6, 6.07) is 15.2. The molecule has 27 heavy (non-hydrogen) atoms. The molecule has 9 heteroatoms. The first kappa shape index (κ1) is 17.2. The smallest absolute Gasteiger partial charge is 0.247 e. The lowest BCUT2D eigenvalue weighted by Gasteiger charge is -2.06. The van der Waals surface area contributed by atoms with Crippen LogP contribution >= 0.6 is 11.6 Å². The molecule has 0 spiro atoms. The zero-order chi connectivity index (χ0) is 18.6. The molecular weight excluding hydrogens is 366 g/mol. The highest BCUT2D eigenvalue weighted by molar-refractivity contribution is 6.30. The summed E-state index contributed by atoms with van der Waals surface area (Å²) in [4.78, 5) is 4.40. The van der Waals surface area contributed by atoms with Crippen LogP contribution in [0.5, 0.6) is 0 Å². The van der Waals surface area contributed by atoms with Gasteiger partial charge in [0.2, 0.25) is 17.7 Å². The number of hydrogen-bond donors (Lipinski definition) is 1. The molecule has 4 aromatic rings. The van der Waals surface area contributed by atoms with Gasteiger partial charge in [-0.25, -0.2) is 0 Å². The summed E-state index contributed by atoms with van der Waals surface area (Å²) in [6.45, 7) is 2.58. The number of benzene rings is 2. The van der Waals surface area contributed by atoms with Crippen LogP contribution in [-0.4, -0.2) is 36.9 Å². The fraction of sp³-hybridized carbons (Fsp3) is 0.167. The highest BCUT2D eigenvalue weighted by Gasteiger charge is 2.11. The van der Waals surface area contributed by atoms with Gasteiger partial charge >= 0.3 is 0 Å². The van der Waals surface area contributed by atoms with Crippen molar-refractivity contribution in [3.63, 3.8) is 0 Å². The molecule has 2 aromatic heterocycles. The molecule has 0 aliphatic rings. The van der Waals surface area contributed by atoms with Crippen molar-refractivity contribution in [1.82, 2.24) is 30.3 Å². The summed E-state index contributed by atoms with van der Waals surface area (Å²) >= 11 is 5.90. The minimum atomic E-state index is 0.529. The van der Waals surface area contributed by atoms with Crippen LogP contribution in [0.15, 0.2) is 53.1 Å². The zero-order valence-electron chi connectivity index (χ0n) is 14.5. The molecule has 0 radical (unpaired) electrons. The first-order chi connectivity index (χ1) is 13.2. The van der Waals surface area contributed by atoms with Crippen LogP contribution in [0, 0.1) is 6.92 Å². The van der Waals surface area contributed by atoms with Crippen molar-refractivity contribution in [3.8, 4) is 17.1 Å². The number of aryl methyl sites for hydroxylation is 1. The van der Waals surface area contributed by atoms with Gasteiger partial charge in [-0.3, -0.25) is 0 Å². The van der Waals surface area contributed by atoms with Crippen molar-refractivity contribution in [2.24, 2.45) is 0 Å².